The van der Waals surface area contributed by atoms with Gasteiger partial charge in [0.15, 0.2) is 0 Å². The molecule has 4 nitrogen and oxygen atoms in total. The predicted octanol–water partition coefficient (Wildman–Crippen LogP) is 3.39. The first kappa shape index (κ1) is 16.6. The van der Waals surface area contributed by atoms with E-state index in [4.69, 9.17) is 0 Å². The van der Waals surface area contributed by atoms with Gasteiger partial charge in [-0.15, -0.1) is 0 Å². The molecular weight excluding hydrogens is 312 g/mol. The lowest BCUT2D eigenvalue weighted by atomic mass is 9.93. The van der Waals surface area contributed by atoms with E-state index in [9.17, 15) is 9.59 Å². The second-order valence-corrected chi connectivity index (χ2v) is 7.80. The van der Waals surface area contributed by atoms with Crippen molar-refractivity contribution in [1.82, 2.24) is 4.90 Å². The summed E-state index contributed by atoms with van der Waals surface area (Å²) in [6.07, 6.45) is 8.29. The largest absolute Gasteiger partial charge is 0.342 e. The van der Waals surface area contributed by atoms with Gasteiger partial charge in [-0.05, 0) is 56.6 Å². The minimum Gasteiger partial charge on any atom is -0.342 e. The number of carbonyl (C=O) groups excluding carboxylic acids is 2. The lowest BCUT2D eigenvalue weighted by molar-refractivity contribution is -0.136. The molecule has 1 aromatic rings. The molecule has 2 amide bonds. The summed E-state index contributed by atoms with van der Waals surface area (Å²) in [6, 6.07) is 8.38. The number of likely N-dealkylation sites (tertiary alicyclic amines) is 1. The lowest BCUT2D eigenvalue weighted by Gasteiger charge is -2.35. The van der Waals surface area contributed by atoms with Gasteiger partial charge in [0.2, 0.25) is 11.8 Å². The maximum absolute atomic E-state index is 13.2. The summed E-state index contributed by atoms with van der Waals surface area (Å²) in [6.45, 7) is 2.33. The van der Waals surface area contributed by atoms with E-state index in [1.165, 1.54) is 18.4 Å². The zero-order valence-corrected chi connectivity index (χ0v) is 15.0. The third-order valence-electron chi connectivity index (χ3n) is 5.96. The number of piperidine rings is 1. The van der Waals surface area contributed by atoms with Crippen LogP contribution < -0.4 is 4.90 Å². The molecule has 0 N–H and O–H groups in total. The number of rotatable bonds is 2. The van der Waals surface area contributed by atoms with Crippen LogP contribution >= 0.6 is 0 Å². The van der Waals surface area contributed by atoms with Crippen molar-refractivity contribution >= 4 is 17.5 Å². The highest BCUT2D eigenvalue weighted by Gasteiger charge is 2.37. The van der Waals surface area contributed by atoms with Crippen LogP contribution in [-0.2, 0) is 16.0 Å². The fourth-order valence-corrected chi connectivity index (χ4v) is 4.25. The third kappa shape index (κ3) is 3.58. The number of hydrogen-bond donors (Lipinski definition) is 0. The Morgan fingerprint density at radius 3 is 2.28 bits per heavy atom. The summed E-state index contributed by atoms with van der Waals surface area (Å²) >= 11 is 0. The molecule has 1 saturated heterocycles. The summed E-state index contributed by atoms with van der Waals surface area (Å²) in [5.74, 6) is 0.944. The molecule has 0 aromatic heterocycles. The average Bonchev–Trinajstić information content (AvgIpc) is 3.47. The van der Waals surface area contributed by atoms with Crippen LogP contribution in [0.15, 0.2) is 24.3 Å². The van der Waals surface area contributed by atoms with E-state index in [2.05, 4.69) is 18.2 Å². The first-order valence-corrected chi connectivity index (χ1v) is 9.92. The Kier molecular flexibility index (Phi) is 4.78. The number of para-hydroxylation sites is 1. The van der Waals surface area contributed by atoms with Crippen LogP contribution in [0.5, 0.6) is 0 Å². The molecule has 134 valence electrons. The van der Waals surface area contributed by atoms with Crippen LogP contribution in [0.25, 0.3) is 0 Å². The molecular formula is C21H28N2O2. The van der Waals surface area contributed by atoms with Crippen molar-refractivity contribution in [2.75, 3.05) is 24.5 Å². The van der Waals surface area contributed by atoms with Crippen LogP contribution in [0, 0.1) is 11.8 Å². The van der Waals surface area contributed by atoms with Crippen molar-refractivity contribution in [3.63, 3.8) is 0 Å². The number of nitrogens with zero attached hydrogens (tertiary/aromatic N) is 2. The third-order valence-corrected chi connectivity index (χ3v) is 5.96. The van der Waals surface area contributed by atoms with Crippen LogP contribution in [0.4, 0.5) is 5.69 Å². The van der Waals surface area contributed by atoms with Gasteiger partial charge in [0.05, 0.1) is 0 Å². The van der Waals surface area contributed by atoms with Gasteiger partial charge in [-0.1, -0.05) is 24.6 Å². The fourth-order valence-electron chi connectivity index (χ4n) is 4.25. The summed E-state index contributed by atoms with van der Waals surface area (Å²) in [4.78, 5) is 29.5. The Bertz CT molecular complexity index is 645. The zero-order chi connectivity index (χ0) is 17.2. The Morgan fingerprint density at radius 1 is 0.800 bits per heavy atom. The minimum absolute atomic E-state index is 0.0655. The van der Waals surface area contributed by atoms with Gasteiger partial charge in [0, 0.05) is 37.2 Å². The Labute approximate surface area is 150 Å². The molecule has 0 atom stereocenters. The van der Waals surface area contributed by atoms with Crippen LogP contribution in [0.3, 0.4) is 0 Å². The fraction of sp³-hybridized carbons (Fsp3) is 0.619. The maximum Gasteiger partial charge on any atom is 0.230 e. The summed E-state index contributed by atoms with van der Waals surface area (Å²) < 4.78 is 0. The maximum atomic E-state index is 13.2. The predicted molar refractivity (Wildman–Crippen MR) is 98.4 cm³/mol. The van der Waals surface area contributed by atoms with Gasteiger partial charge >= 0.3 is 0 Å². The molecule has 0 bridgehead atoms. The number of benzene rings is 1. The molecule has 1 saturated carbocycles. The highest BCUT2D eigenvalue weighted by molar-refractivity contribution is 5.96. The number of aryl methyl sites for hydroxylation is 1. The minimum atomic E-state index is 0.0655. The topological polar surface area (TPSA) is 40.6 Å². The molecule has 25 heavy (non-hydrogen) atoms. The molecule has 1 aromatic carbocycles. The Hall–Kier alpha value is -1.84. The quantitative estimate of drug-likeness (QED) is 0.828. The summed E-state index contributed by atoms with van der Waals surface area (Å²) in [7, 11) is 0. The van der Waals surface area contributed by atoms with E-state index >= 15 is 0 Å². The van der Waals surface area contributed by atoms with Crippen molar-refractivity contribution in [2.45, 2.75) is 51.4 Å². The number of amides is 2. The van der Waals surface area contributed by atoms with E-state index < -0.39 is 0 Å². The molecule has 2 fully saturated rings. The summed E-state index contributed by atoms with van der Waals surface area (Å²) in [5, 5.41) is 0. The van der Waals surface area contributed by atoms with Crippen LogP contribution in [-0.4, -0.2) is 36.3 Å². The smallest absolute Gasteiger partial charge is 0.230 e. The number of anilines is 1. The van der Waals surface area contributed by atoms with Gasteiger partial charge in [0.25, 0.3) is 0 Å². The lowest BCUT2D eigenvalue weighted by Crippen LogP contribution is -2.45. The molecule has 0 radical (unpaired) electrons. The number of fused-ring (bicyclic) bond motifs is 1. The second kappa shape index (κ2) is 7.19. The van der Waals surface area contributed by atoms with E-state index in [0.29, 0.717) is 5.91 Å². The van der Waals surface area contributed by atoms with Gasteiger partial charge in [-0.25, -0.2) is 0 Å². The second-order valence-electron chi connectivity index (χ2n) is 7.80. The van der Waals surface area contributed by atoms with Crippen molar-refractivity contribution < 1.29 is 9.59 Å². The van der Waals surface area contributed by atoms with E-state index in [-0.39, 0.29) is 17.7 Å². The molecule has 0 spiro atoms. The Morgan fingerprint density at radius 2 is 1.52 bits per heavy atom. The molecule has 2 aliphatic heterocycles. The van der Waals surface area contributed by atoms with E-state index in [1.54, 1.807) is 0 Å². The molecule has 1 aliphatic carbocycles. The monoisotopic (exact) mass is 340 g/mol. The zero-order valence-electron chi connectivity index (χ0n) is 15.0. The normalized spacial score (nSPS) is 22.1. The van der Waals surface area contributed by atoms with Gasteiger partial charge in [-0.2, -0.15) is 0 Å². The standard InChI is InChI=1S/C21H28N2O2/c24-20(17-9-10-17)22-14-11-18(12-15-22)21(25)23-13-5-1-2-6-16-7-3-4-8-19(16)23/h3-4,7-8,17-18H,1-2,5-6,9-15H2. The highest BCUT2D eigenvalue weighted by atomic mass is 16.2. The van der Waals surface area contributed by atoms with Crippen LogP contribution in [0.2, 0.25) is 0 Å². The van der Waals surface area contributed by atoms with Crippen molar-refractivity contribution in [2.24, 2.45) is 11.8 Å². The van der Waals surface area contributed by atoms with Crippen molar-refractivity contribution in [3.8, 4) is 0 Å². The van der Waals surface area contributed by atoms with Gasteiger partial charge in [0.1, 0.15) is 0 Å². The number of hydrogen-bond acceptors (Lipinski definition) is 2. The van der Waals surface area contributed by atoms with Crippen LogP contribution in [0.1, 0.15) is 50.5 Å². The first-order chi connectivity index (χ1) is 12.2. The van der Waals surface area contributed by atoms with E-state index in [1.807, 2.05) is 15.9 Å². The average molecular weight is 340 g/mol. The first-order valence-electron chi connectivity index (χ1n) is 9.92. The molecule has 3 aliphatic rings. The van der Waals surface area contributed by atoms with E-state index in [0.717, 1.165) is 63.8 Å². The highest BCUT2D eigenvalue weighted by Crippen LogP contribution is 2.33. The van der Waals surface area contributed by atoms with Gasteiger partial charge < -0.3 is 9.80 Å². The van der Waals surface area contributed by atoms with Gasteiger partial charge in [-0.3, -0.25) is 9.59 Å². The Balaban J connectivity index is 1.45. The molecule has 2 heterocycles. The van der Waals surface area contributed by atoms with Crippen molar-refractivity contribution in [1.29, 1.82) is 0 Å². The molecule has 0 unspecified atom stereocenters. The summed E-state index contributed by atoms with van der Waals surface area (Å²) in [5.41, 5.74) is 2.42. The molecule has 4 rings (SSSR count). The molecule has 4 heteroatoms. The van der Waals surface area contributed by atoms with Crippen molar-refractivity contribution in [3.05, 3.63) is 29.8 Å². The number of carbonyl (C=O) groups is 2. The SMILES string of the molecule is O=C(C1CC1)N1CCC(C(=O)N2CCCCCc3ccccc32)CC1.